The zero-order valence-electron chi connectivity index (χ0n) is 17.0. The lowest BCUT2D eigenvalue weighted by molar-refractivity contribution is -0.384. The summed E-state index contributed by atoms with van der Waals surface area (Å²) in [5.74, 6) is -0.553. The molecule has 168 valence electrons. The highest BCUT2D eigenvalue weighted by Crippen LogP contribution is 2.28. The van der Waals surface area contributed by atoms with Gasteiger partial charge in [0.2, 0.25) is 10.0 Å². The molecule has 1 amide bonds. The van der Waals surface area contributed by atoms with Crippen LogP contribution in [0.3, 0.4) is 0 Å². The summed E-state index contributed by atoms with van der Waals surface area (Å²) in [6, 6.07) is 9.40. The van der Waals surface area contributed by atoms with Crippen molar-refractivity contribution in [2.24, 2.45) is 4.99 Å². The van der Waals surface area contributed by atoms with Crippen LogP contribution >= 0.6 is 22.9 Å². The first kappa shape index (κ1) is 22.6. The number of nitrogens with zero attached hydrogens (tertiary/aromatic N) is 4. The predicted molar refractivity (Wildman–Crippen MR) is 121 cm³/mol. The van der Waals surface area contributed by atoms with Crippen LogP contribution < -0.4 is 4.80 Å². The molecule has 1 aliphatic rings. The fourth-order valence-corrected chi connectivity index (χ4v) is 6.66. The molecule has 3 aromatic rings. The van der Waals surface area contributed by atoms with Crippen molar-refractivity contribution in [2.75, 3.05) is 6.54 Å². The van der Waals surface area contributed by atoms with E-state index >= 15 is 0 Å². The average Bonchev–Trinajstić information content (AvgIpc) is 3.38. The Morgan fingerprint density at radius 1 is 1.28 bits per heavy atom. The third-order valence-electron chi connectivity index (χ3n) is 5.31. The molecular weight excluding hydrogens is 476 g/mol. The van der Waals surface area contributed by atoms with Gasteiger partial charge in [0.15, 0.2) is 4.80 Å². The molecule has 1 aliphatic heterocycles. The van der Waals surface area contributed by atoms with Crippen molar-refractivity contribution in [2.45, 2.75) is 37.2 Å². The Morgan fingerprint density at radius 2 is 2.00 bits per heavy atom. The summed E-state index contributed by atoms with van der Waals surface area (Å²) in [5, 5.41) is 11.5. The molecule has 9 nitrogen and oxygen atoms in total. The fourth-order valence-electron chi connectivity index (χ4n) is 3.75. The van der Waals surface area contributed by atoms with Crippen LogP contribution in [-0.2, 0) is 21.4 Å². The van der Waals surface area contributed by atoms with Crippen molar-refractivity contribution in [1.82, 2.24) is 8.87 Å². The van der Waals surface area contributed by atoms with Gasteiger partial charge in [0, 0.05) is 30.2 Å². The molecule has 1 fully saturated rings. The lowest BCUT2D eigenvalue weighted by Crippen LogP contribution is -2.40. The van der Waals surface area contributed by atoms with Gasteiger partial charge in [-0.15, -0.1) is 0 Å². The summed E-state index contributed by atoms with van der Waals surface area (Å²) in [6.45, 7) is 2.61. The Hall–Kier alpha value is -2.60. The van der Waals surface area contributed by atoms with Gasteiger partial charge in [-0.3, -0.25) is 14.9 Å². The summed E-state index contributed by atoms with van der Waals surface area (Å²) >= 11 is 7.03. The summed E-state index contributed by atoms with van der Waals surface area (Å²) in [6.07, 6.45) is 0.919. The number of hydrogen-bond donors (Lipinski definition) is 0. The van der Waals surface area contributed by atoms with Crippen molar-refractivity contribution in [3.8, 4) is 0 Å². The van der Waals surface area contributed by atoms with E-state index in [4.69, 9.17) is 11.6 Å². The normalized spacial score (nSPS) is 17.8. The van der Waals surface area contributed by atoms with Gasteiger partial charge in [0.05, 0.1) is 20.0 Å². The molecule has 2 aromatic carbocycles. The Labute approximate surface area is 192 Å². The van der Waals surface area contributed by atoms with Gasteiger partial charge in [-0.05, 0) is 50.1 Å². The van der Waals surface area contributed by atoms with Crippen LogP contribution in [0.1, 0.15) is 19.8 Å². The second-order valence-electron chi connectivity index (χ2n) is 7.22. The van der Waals surface area contributed by atoms with Crippen molar-refractivity contribution in [3.63, 3.8) is 0 Å². The number of carbonyl (C=O) groups is 1. The molecule has 1 atom stereocenters. The fraction of sp³-hybridized carbons (Fsp3) is 0.300. The Bertz CT molecular complexity index is 1380. The standard InChI is InChI=1S/C20H19ClN4O5S2/c1-2-23-16-10-7-14(25(27)28)12-18(16)31-20(23)22-19(26)17-4-3-11-24(17)32(29,30)15-8-5-13(21)6-9-15/h5-10,12,17H,2-4,11H2,1H3. The number of amides is 1. The first-order valence-corrected chi connectivity index (χ1v) is 12.5. The first-order chi connectivity index (χ1) is 15.2. The molecule has 1 saturated heterocycles. The van der Waals surface area contributed by atoms with Crippen molar-refractivity contribution in [1.29, 1.82) is 0 Å². The van der Waals surface area contributed by atoms with E-state index in [0.717, 1.165) is 16.9 Å². The van der Waals surface area contributed by atoms with E-state index in [1.807, 2.05) is 6.92 Å². The largest absolute Gasteiger partial charge is 0.317 e. The lowest BCUT2D eigenvalue weighted by Gasteiger charge is -2.21. The van der Waals surface area contributed by atoms with Crippen LogP contribution in [0.25, 0.3) is 10.2 Å². The van der Waals surface area contributed by atoms with E-state index < -0.39 is 26.9 Å². The highest BCUT2D eigenvalue weighted by atomic mass is 35.5. The molecule has 0 spiro atoms. The van der Waals surface area contributed by atoms with Gasteiger partial charge in [0.1, 0.15) is 6.04 Å². The van der Waals surface area contributed by atoms with Crippen molar-refractivity contribution >= 4 is 54.8 Å². The van der Waals surface area contributed by atoms with E-state index in [1.54, 1.807) is 10.6 Å². The van der Waals surface area contributed by atoms with Crippen molar-refractivity contribution < 1.29 is 18.1 Å². The van der Waals surface area contributed by atoms with Crippen LogP contribution in [-0.4, -0.2) is 40.7 Å². The number of benzene rings is 2. The van der Waals surface area contributed by atoms with Crippen molar-refractivity contribution in [3.05, 3.63) is 62.4 Å². The summed E-state index contributed by atoms with van der Waals surface area (Å²) in [4.78, 5) is 28.4. The number of thiazole rings is 1. The van der Waals surface area contributed by atoms with Crippen LogP contribution in [0.15, 0.2) is 52.4 Å². The number of aromatic nitrogens is 1. The summed E-state index contributed by atoms with van der Waals surface area (Å²) in [7, 11) is -3.88. The Kier molecular flexibility index (Phi) is 6.17. The minimum absolute atomic E-state index is 0.0455. The number of sulfonamides is 1. The van der Waals surface area contributed by atoms with Gasteiger partial charge < -0.3 is 4.57 Å². The third kappa shape index (κ3) is 4.08. The topological polar surface area (TPSA) is 115 Å². The van der Waals surface area contributed by atoms with Crippen LogP contribution in [0.4, 0.5) is 5.69 Å². The van der Waals surface area contributed by atoms with Crippen LogP contribution in [0.5, 0.6) is 0 Å². The summed E-state index contributed by atoms with van der Waals surface area (Å²) in [5.41, 5.74) is 0.683. The molecular formula is C20H19ClN4O5S2. The van der Waals surface area contributed by atoms with Gasteiger partial charge in [0.25, 0.3) is 11.6 Å². The number of aryl methyl sites for hydroxylation is 1. The summed E-state index contributed by atoms with van der Waals surface area (Å²) < 4.78 is 29.8. The Morgan fingerprint density at radius 3 is 2.66 bits per heavy atom. The molecule has 4 rings (SSSR count). The number of nitro groups is 1. The zero-order chi connectivity index (χ0) is 23.0. The third-order valence-corrected chi connectivity index (χ3v) is 8.52. The number of hydrogen-bond acceptors (Lipinski definition) is 6. The molecule has 0 N–H and O–H groups in total. The maximum Gasteiger partial charge on any atom is 0.270 e. The minimum atomic E-state index is -3.88. The molecule has 0 bridgehead atoms. The highest BCUT2D eigenvalue weighted by Gasteiger charge is 2.39. The predicted octanol–water partition coefficient (Wildman–Crippen LogP) is 3.56. The quantitative estimate of drug-likeness (QED) is 0.397. The van der Waals surface area contributed by atoms with E-state index in [-0.39, 0.29) is 17.1 Å². The highest BCUT2D eigenvalue weighted by molar-refractivity contribution is 7.89. The number of nitro benzene ring substituents is 1. The smallest absolute Gasteiger partial charge is 0.270 e. The second-order valence-corrected chi connectivity index (χ2v) is 10.6. The van der Waals surface area contributed by atoms with E-state index in [0.29, 0.717) is 33.9 Å². The van der Waals surface area contributed by atoms with Crippen LogP contribution in [0, 0.1) is 10.1 Å². The monoisotopic (exact) mass is 494 g/mol. The Balaban J connectivity index is 1.71. The van der Waals surface area contributed by atoms with E-state index in [2.05, 4.69) is 4.99 Å². The van der Waals surface area contributed by atoms with Gasteiger partial charge >= 0.3 is 0 Å². The number of carbonyl (C=O) groups excluding carboxylic acids is 1. The van der Waals surface area contributed by atoms with E-state index in [9.17, 15) is 23.3 Å². The van der Waals surface area contributed by atoms with Gasteiger partial charge in [-0.2, -0.15) is 9.30 Å². The molecule has 12 heteroatoms. The van der Waals surface area contributed by atoms with Gasteiger partial charge in [-0.1, -0.05) is 22.9 Å². The lowest BCUT2D eigenvalue weighted by atomic mass is 10.2. The molecule has 0 radical (unpaired) electrons. The molecule has 2 heterocycles. The maximum absolute atomic E-state index is 13.1. The molecule has 0 saturated carbocycles. The average molecular weight is 495 g/mol. The maximum atomic E-state index is 13.1. The van der Waals surface area contributed by atoms with Gasteiger partial charge in [-0.25, -0.2) is 8.42 Å². The molecule has 1 unspecified atom stereocenters. The second kappa shape index (κ2) is 8.74. The zero-order valence-corrected chi connectivity index (χ0v) is 19.4. The van der Waals surface area contributed by atoms with Crippen LogP contribution in [0.2, 0.25) is 5.02 Å². The SMILES string of the molecule is CCn1c(=NC(=O)C2CCCN2S(=O)(=O)c2ccc(Cl)cc2)sc2cc([N+](=O)[O-])ccc21. The first-order valence-electron chi connectivity index (χ1n) is 9.86. The van der Waals surface area contributed by atoms with E-state index in [1.165, 1.54) is 40.7 Å². The number of rotatable bonds is 5. The molecule has 0 aliphatic carbocycles. The number of halogens is 1. The number of non-ortho nitro benzene ring substituents is 1. The number of fused-ring (bicyclic) bond motifs is 1. The molecule has 32 heavy (non-hydrogen) atoms. The molecule has 1 aromatic heterocycles. The minimum Gasteiger partial charge on any atom is -0.317 e.